The Morgan fingerprint density at radius 2 is 2.43 bits per heavy atom. The van der Waals surface area contributed by atoms with Crippen LogP contribution in [-0.4, -0.2) is 8.96 Å². The summed E-state index contributed by atoms with van der Waals surface area (Å²) < 4.78 is 6.90. The molecule has 0 aliphatic carbocycles. The van der Waals surface area contributed by atoms with Crippen LogP contribution < -0.4 is 0 Å². The van der Waals surface area contributed by atoms with Crippen LogP contribution in [0, 0.1) is 0 Å². The van der Waals surface area contributed by atoms with Gasteiger partial charge < -0.3 is 0 Å². The van der Waals surface area contributed by atoms with Gasteiger partial charge >= 0.3 is 0 Å². The van der Waals surface area contributed by atoms with E-state index in [1.807, 2.05) is 11.5 Å². The normalized spacial score (nSPS) is 52.3. The molecule has 7 heavy (non-hydrogen) atoms. The van der Waals surface area contributed by atoms with Crippen LogP contribution in [0.5, 0.6) is 0 Å². The molecule has 40 valence electrons. The highest BCUT2D eigenvalue weighted by Crippen LogP contribution is 2.33. The molecule has 0 nitrogen and oxygen atoms in total. The first-order valence-corrected chi connectivity index (χ1v) is 4.39. The first kappa shape index (κ1) is 4.89. The molecule has 0 aromatic carbocycles. The topological polar surface area (TPSA) is 0 Å². The number of halogens is 2. The van der Waals surface area contributed by atoms with Gasteiger partial charge in [0.1, 0.15) is 0 Å². The van der Waals surface area contributed by atoms with Crippen LogP contribution in [0.2, 0.25) is 0 Å². The Balaban J connectivity index is 2.64. The molecule has 0 N–H and O–H groups in total. The molecular weight excluding hydrogens is 240 g/mol. The van der Waals surface area contributed by atoms with Crippen molar-refractivity contribution in [2.45, 2.75) is 8.96 Å². The Hall–Kier alpha value is 1.05. The summed E-state index contributed by atoms with van der Waals surface area (Å²) in [6, 6.07) is 0. The van der Waals surface area contributed by atoms with Gasteiger partial charge in [-0.25, -0.2) is 0 Å². The fraction of sp³-hybridized carbons (Fsp3) is 0.500. The summed E-state index contributed by atoms with van der Waals surface area (Å²) in [7, 11) is 0. The van der Waals surface area contributed by atoms with Crippen LogP contribution in [-0.2, 0) is 0 Å². The number of rotatable bonds is 0. The highest BCUT2D eigenvalue weighted by Gasteiger charge is 2.16. The van der Waals surface area contributed by atoms with Gasteiger partial charge in [-0.3, -0.25) is 0 Å². The molecular formula is C4H4Br2S. The number of hydrogen-bond donors (Lipinski definition) is 0. The number of hydrogen-bond acceptors (Lipinski definition) is 1. The minimum atomic E-state index is -0.562. The average Bonchev–Trinajstić information content (AvgIpc) is 1.86. The van der Waals surface area contributed by atoms with E-state index in [9.17, 15) is 0 Å². The van der Waals surface area contributed by atoms with Crippen molar-refractivity contribution >= 4 is 43.6 Å². The Kier molecular flexibility index (Phi) is 1.78. The van der Waals surface area contributed by atoms with Gasteiger partial charge in [0, 0.05) is 0 Å². The molecule has 0 spiro atoms. The Morgan fingerprint density at radius 1 is 1.71 bits per heavy atom. The maximum absolute atomic E-state index is 7.46. The van der Waals surface area contributed by atoms with E-state index in [0.29, 0.717) is 0 Å². The molecule has 0 saturated heterocycles. The van der Waals surface area contributed by atoms with Crippen molar-refractivity contribution in [3.05, 3.63) is 11.5 Å². The minimum absolute atomic E-state index is 0.139. The Bertz CT molecular complexity index is 123. The summed E-state index contributed by atoms with van der Waals surface area (Å²) in [5, 5.41) is 1.92. The second kappa shape index (κ2) is 2.55. The summed E-state index contributed by atoms with van der Waals surface area (Å²) in [6.45, 7) is 0. The highest BCUT2D eigenvalue weighted by molar-refractivity contribution is 9.13. The maximum atomic E-state index is 7.46. The lowest BCUT2D eigenvalue weighted by Crippen LogP contribution is -1.98. The zero-order chi connectivity index (χ0) is 6.20. The van der Waals surface area contributed by atoms with Gasteiger partial charge in [-0.15, -0.1) is 11.8 Å². The van der Waals surface area contributed by atoms with Crippen LogP contribution in [0.25, 0.3) is 0 Å². The van der Waals surface area contributed by atoms with E-state index in [0.717, 1.165) is 0 Å². The summed E-state index contributed by atoms with van der Waals surface area (Å²) in [6.07, 6.45) is 1.95. The molecule has 0 aromatic rings. The third-order valence-electron chi connectivity index (χ3n) is 0.645. The summed E-state index contributed by atoms with van der Waals surface area (Å²) >= 11 is 8.01. The van der Waals surface area contributed by atoms with Crippen molar-refractivity contribution < 1.29 is 1.37 Å². The molecule has 2 unspecified atom stereocenters. The van der Waals surface area contributed by atoms with Crippen molar-refractivity contribution in [2.75, 3.05) is 0 Å². The first-order chi connectivity index (χ1) is 3.63. The fourth-order valence-electron chi connectivity index (χ4n) is 0.314. The average molecular weight is 245 g/mol. The number of thioether (sulfide) groups is 1. The van der Waals surface area contributed by atoms with Crippen LogP contribution in [0.15, 0.2) is 11.5 Å². The van der Waals surface area contributed by atoms with Crippen molar-refractivity contribution in [2.24, 2.45) is 0 Å². The molecule has 0 amide bonds. The van der Waals surface area contributed by atoms with Crippen molar-refractivity contribution in [3.8, 4) is 0 Å². The highest BCUT2D eigenvalue weighted by atomic mass is 79.9. The SMILES string of the molecule is [2H]C1(Br)SC=CC1Br. The van der Waals surface area contributed by atoms with Crippen LogP contribution in [0.1, 0.15) is 1.37 Å². The third-order valence-corrected chi connectivity index (χ3v) is 4.15. The molecule has 1 heterocycles. The van der Waals surface area contributed by atoms with E-state index in [-0.39, 0.29) is 4.83 Å². The van der Waals surface area contributed by atoms with E-state index in [1.54, 1.807) is 0 Å². The first-order valence-electron chi connectivity index (χ1n) is 2.30. The standard InChI is InChI=1S/C4H4Br2S/c5-3-1-2-7-4(3)6/h1-4H/i4D. The van der Waals surface area contributed by atoms with Gasteiger partial charge in [-0.2, -0.15) is 0 Å². The van der Waals surface area contributed by atoms with E-state index in [2.05, 4.69) is 31.9 Å². The van der Waals surface area contributed by atoms with Gasteiger partial charge in [0.2, 0.25) is 0 Å². The summed E-state index contributed by atoms with van der Waals surface area (Å²) in [5.41, 5.74) is 0. The molecule has 0 fully saturated rings. The Labute approximate surface area is 65.4 Å². The van der Waals surface area contributed by atoms with Crippen molar-refractivity contribution in [3.63, 3.8) is 0 Å². The molecule has 0 aromatic heterocycles. The second-order valence-corrected chi connectivity index (χ2v) is 4.47. The lowest BCUT2D eigenvalue weighted by atomic mass is 10.5. The number of alkyl halides is 2. The zero-order valence-electron chi connectivity index (χ0n) is 4.40. The third kappa shape index (κ3) is 1.47. The predicted octanol–water partition coefficient (Wildman–Crippen LogP) is 2.73. The monoisotopic (exact) mass is 243 g/mol. The summed E-state index contributed by atoms with van der Waals surface area (Å²) in [4.78, 5) is 0.139. The molecule has 0 bridgehead atoms. The lowest BCUT2D eigenvalue weighted by molar-refractivity contribution is 1.28. The van der Waals surface area contributed by atoms with E-state index in [1.165, 1.54) is 11.8 Å². The fourth-order valence-corrected chi connectivity index (χ4v) is 2.04. The second-order valence-electron chi connectivity index (χ2n) is 1.15. The lowest BCUT2D eigenvalue weighted by Gasteiger charge is -1.99. The number of allylic oxidation sites excluding steroid dienone is 1. The summed E-state index contributed by atoms with van der Waals surface area (Å²) in [5.74, 6) is 0. The van der Waals surface area contributed by atoms with Crippen LogP contribution in [0.3, 0.4) is 0 Å². The Morgan fingerprint density at radius 3 is 2.57 bits per heavy atom. The molecule has 2 atom stereocenters. The van der Waals surface area contributed by atoms with E-state index < -0.39 is 4.14 Å². The maximum Gasteiger partial charge on any atom is 0.0801 e. The molecule has 0 radical (unpaired) electrons. The van der Waals surface area contributed by atoms with E-state index >= 15 is 0 Å². The smallest absolute Gasteiger partial charge is 0.0801 e. The van der Waals surface area contributed by atoms with Gasteiger partial charge in [0.15, 0.2) is 0 Å². The molecule has 0 saturated carbocycles. The van der Waals surface area contributed by atoms with Crippen molar-refractivity contribution in [1.29, 1.82) is 0 Å². The van der Waals surface area contributed by atoms with Crippen LogP contribution >= 0.6 is 43.6 Å². The molecule has 1 rings (SSSR count). The van der Waals surface area contributed by atoms with Gasteiger partial charge in [0.05, 0.1) is 10.3 Å². The van der Waals surface area contributed by atoms with Gasteiger partial charge in [-0.1, -0.05) is 37.9 Å². The zero-order valence-corrected chi connectivity index (χ0v) is 7.38. The molecule has 1 aliphatic rings. The largest absolute Gasteiger partial charge is 0.118 e. The van der Waals surface area contributed by atoms with E-state index in [4.69, 9.17) is 1.37 Å². The quantitative estimate of drug-likeness (QED) is 0.591. The molecule has 1 aliphatic heterocycles. The van der Waals surface area contributed by atoms with Crippen molar-refractivity contribution in [1.82, 2.24) is 0 Å². The minimum Gasteiger partial charge on any atom is -0.118 e. The van der Waals surface area contributed by atoms with Gasteiger partial charge in [0.25, 0.3) is 0 Å². The predicted molar refractivity (Wildman–Crippen MR) is 42.2 cm³/mol. The molecule has 3 heteroatoms. The van der Waals surface area contributed by atoms with Gasteiger partial charge in [-0.05, 0) is 5.41 Å². The van der Waals surface area contributed by atoms with Crippen LogP contribution in [0.4, 0.5) is 0 Å².